The van der Waals surface area contributed by atoms with Crippen LogP contribution in [0.25, 0.3) is 0 Å². The van der Waals surface area contributed by atoms with Crippen LogP contribution >= 0.6 is 11.8 Å². The second kappa shape index (κ2) is 8.02. The van der Waals surface area contributed by atoms with Crippen LogP contribution in [0.3, 0.4) is 0 Å². The fourth-order valence-corrected chi connectivity index (χ4v) is 3.30. The van der Waals surface area contributed by atoms with E-state index in [0.29, 0.717) is 26.1 Å². The van der Waals surface area contributed by atoms with Crippen molar-refractivity contribution in [3.63, 3.8) is 0 Å². The first-order valence-corrected chi connectivity index (χ1v) is 7.72. The number of hydrogen-bond donors (Lipinski definition) is 1. The van der Waals surface area contributed by atoms with Crippen LogP contribution < -0.4 is 0 Å². The van der Waals surface area contributed by atoms with Gasteiger partial charge in [0.1, 0.15) is 0 Å². The van der Waals surface area contributed by atoms with Gasteiger partial charge in [-0.3, -0.25) is 4.79 Å². The van der Waals surface area contributed by atoms with Crippen molar-refractivity contribution in [2.24, 2.45) is 5.92 Å². The van der Waals surface area contributed by atoms with Gasteiger partial charge < -0.3 is 14.6 Å². The molecule has 18 heavy (non-hydrogen) atoms. The largest absolute Gasteiger partial charge is 0.466 e. The molecule has 0 atom stereocenters. The third-order valence-corrected chi connectivity index (χ3v) is 4.54. The molecule has 1 aliphatic rings. The monoisotopic (exact) mass is 276 g/mol. The smallest absolute Gasteiger partial charge is 0.308 e. The fraction of sp³-hybridized carbons (Fsp3) is 0.923. The molecule has 0 unspecified atom stereocenters. The van der Waals surface area contributed by atoms with Crippen molar-refractivity contribution in [1.82, 2.24) is 0 Å². The highest BCUT2D eigenvalue weighted by molar-refractivity contribution is 7.99. The molecule has 1 fully saturated rings. The van der Waals surface area contributed by atoms with Crippen molar-refractivity contribution in [3.05, 3.63) is 0 Å². The van der Waals surface area contributed by atoms with E-state index in [-0.39, 0.29) is 11.9 Å². The maximum Gasteiger partial charge on any atom is 0.308 e. The molecule has 0 aliphatic heterocycles. The lowest BCUT2D eigenvalue weighted by Crippen LogP contribution is -2.38. The van der Waals surface area contributed by atoms with Crippen LogP contribution in [0.4, 0.5) is 0 Å². The van der Waals surface area contributed by atoms with Crippen LogP contribution in [-0.4, -0.2) is 48.5 Å². The normalized spacial score (nSPS) is 28.1. The summed E-state index contributed by atoms with van der Waals surface area (Å²) in [6, 6.07) is 0. The van der Waals surface area contributed by atoms with Crippen LogP contribution in [0.5, 0.6) is 0 Å². The lowest BCUT2D eigenvalue weighted by Gasteiger charge is -2.34. The number of rotatable bonds is 7. The van der Waals surface area contributed by atoms with E-state index >= 15 is 0 Å². The summed E-state index contributed by atoms with van der Waals surface area (Å²) in [5.41, 5.74) is -0.610. The van der Waals surface area contributed by atoms with Gasteiger partial charge in [0.05, 0.1) is 24.7 Å². The zero-order chi connectivity index (χ0) is 13.4. The number of carbonyl (C=O) groups excluding carboxylic acids is 1. The number of thioether (sulfide) groups is 1. The molecule has 0 saturated heterocycles. The fourth-order valence-electron chi connectivity index (χ4n) is 2.20. The first kappa shape index (κ1) is 15.8. The van der Waals surface area contributed by atoms with Crippen molar-refractivity contribution in [1.29, 1.82) is 0 Å². The minimum absolute atomic E-state index is 0.0193. The van der Waals surface area contributed by atoms with Crippen molar-refractivity contribution in [3.8, 4) is 0 Å². The Morgan fingerprint density at radius 3 is 2.67 bits per heavy atom. The van der Waals surface area contributed by atoms with E-state index < -0.39 is 5.60 Å². The molecule has 0 radical (unpaired) electrons. The second-order valence-electron chi connectivity index (χ2n) is 4.80. The van der Waals surface area contributed by atoms with Crippen LogP contribution in [0.1, 0.15) is 32.6 Å². The van der Waals surface area contributed by atoms with Gasteiger partial charge in [-0.15, -0.1) is 0 Å². The van der Waals surface area contributed by atoms with Gasteiger partial charge in [-0.05, 0) is 32.6 Å². The quantitative estimate of drug-likeness (QED) is 0.568. The van der Waals surface area contributed by atoms with Crippen LogP contribution in [0, 0.1) is 5.92 Å². The van der Waals surface area contributed by atoms with E-state index in [1.54, 1.807) is 18.9 Å². The highest BCUT2D eigenvalue weighted by Crippen LogP contribution is 2.34. The maximum absolute atomic E-state index is 11.6. The van der Waals surface area contributed by atoms with Crippen molar-refractivity contribution >= 4 is 17.7 Å². The predicted octanol–water partition coefficient (Wildman–Crippen LogP) is 1.85. The Labute approximate surface area is 113 Å². The van der Waals surface area contributed by atoms with E-state index in [9.17, 15) is 9.90 Å². The average Bonchev–Trinajstić information content (AvgIpc) is 2.36. The van der Waals surface area contributed by atoms with E-state index in [4.69, 9.17) is 9.47 Å². The van der Waals surface area contributed by atoms with Gasteiger partial charge >= 0.3 is 5.97 Å². The summed E-state index contributed by atoms with van der Waals surface area (Å²) in [5.74, 6) is 1.51. The molecule has 0 heterocycles. The Kier molecular flexibility index (Phi) is 7.04. The summed E-state index contributed by atoms with van der Waals surface area (Å²) >= 11 is 1.71. The standard InChI is InChI=1S/C13H24O4S/c1-3-17-12(14)11-4-6-13(15,7-5-11)10-18-9-8-16-2/h11,15H,3-10H2,1-2H3. The SMILES string of the molecule is CCOC(=O)C1CCC(O)(CSCCOC)CC1. The molecular formula is C13H24O4S. The third-order valence-electron chi connectivity index (χ3n) is 3.34. The first-order chi connectivity index (χ1) is 8.61. The molecule has 4 nitrogen and oxygen atoms in total. The first-order valence-electron chi connectivity index (χ1n) is 6.57. The van der Waals surface area contributed by atoms with Gasteiger partial charge in [0, 0.05) is 18.6 Å². The molecule has 0 aromatic heterocycles. The highest BCUT2D eigenvalue weighted by Gasteiger charge is 2.36. The zero-order valence-corrected chi connectivity index (χ0v) is 12.1. The topological polar surface area (TPSA) is 55.8 Å². The maximum atomic E-state index is 11.6. The van der Waals surface area contributed by atoms with E-state index in [0.717, 1.165) is 24.3 Å². The van der Waals surface area contributed by atoms with Crippen LogP contribution in [0.2, 0.25) is 0 Å². The highest BCUT2D eigenvalue weighted by atomic mass is 32.2. The summed E-state index contributed by atoms with van der Waals surface area (Å²) in [4.78, 5) is 11.6. The van der Waals surface area contributed by atoms with Crippen molar-refractivity contribution < 1.29 is 19.4 Å². The molecule has 0 amide bonds. The Morgan fingerprint density at radius 1 is 1.44 bits per heavy atom. The van der Waals surface area contributed by atoms with Gasteiger partial charge in [-0.2, -0.15) is 11.8 Å². The zero-order valence-electron chi connectivity index (χ0n) is 11.3. The molecule has 5 heteroatoms. The lowest BCUT2D eigenvalue weighted by molar-refractivity contribution is -0.150. The van der Waals surface area contributed by atoms with Crippen LogP contribution in [-0.2, 0) is 14.3 Å². The Balaban J connectivity index is 2.26. The number of carbonyl (C=O) groups is 1. The van der Waals surface area contributed by atoms with E-state index in [2.05, 4.69) is 0 Å². The molecule has 1 aliphatic carbocycles. The third kappa shape index (κ3) is 5.16. The molecule has 0 aromatic rings. The molecule has 106 valence electrons. The number of aliphatic hydroxyl groups is 1. The lowest BCUT2D eigenvalue weighted by atomic mass is 9.80. The molecule has 1 rings (SSSR count). The summed E-state index contributed by atoms with van der Waals surface area (Å²) in [7, 11) is 1.68. The van der Waals surface area contributed by atoms with E-state index in [1.165, 1.54) is 0 Å². The van der Waals surface area contributed by atoms with Gasteiger partial charge in [0.25, 0.3) is 0 Å². The number of ether oxygens (including phenoxy) is 2. The molecular weight excluding hydrogens is 252 g/mol. The Morgan fingerprint density at radius 2 is 2.11 bits per heavy atom. The van der Waals surface area contributed by atoms with Crippen LogP contribution in [0.15, 0.2) is 0 Å². The molecule has 0 spiro atoms. The molecule has 0 aromatic carbocycles. The number of esters is 1. The van der Waals surface area contributed by atoms with Crippen molar-refractivity contribution in [2.75, 3.05) is 31.8 Å². The molecule has 0 bridgehead atoms. The summed E-state index contributed by atoms with van der Waals surface area (Å²) in [6.07, 6.45) is 2.85. The van der Waals surface area contributed by atoms with Gasteiger partial charge in [0.2, 0.25) is 0 Å². The van der Waals surface area contributed by atoms with Gasteiger partial charge in [-0.25, -0.2) is 0 Å². The van der Waals surface area contributed by atoms with E-state index in [1.807, 2.05) is 6.92 Å². The van der Waals surface area contributed by atoms with Gasteiger partial charge in [-0.1, -0.05) is 0 Å². The van der Waals surface area contributed by atoms with Gasteiger partial charge in [0.15, 0.2) is 0 Å². The summed E-state index contributed by atoms with van der Waals surface area (Å²) in [6.45, 7) is 2.97. The predicted molar refractivity (Wildman–Crippen MR) is 72.7 cm³/mol. The van der Waals surface area contributed by atoms with Crippen molar-refractivity contribution in [2.45, 2.75) is 38.2 Å². The summed E-state index contributed by atoms with van der Waals surface area (Å²) < 4.78 is 10.00. The minimum Gasteiger partial charge on any atom is -0.466 e. The Hall–Kier alpha value is -0.260. The average molecular weight is 276 g/mol. The number of methoxy groups -OCH3 is 1. The Bertz CT molecular complexity index is 249. The summed E-state index contributed by atoms with van der Waals surface area (Å²) in [5, 5.41) is 10.4. The minimum atomic E-state index is -0.610. The second-order valence-corrected chi connectivity index (χ2v) is 5.90. The number of hydrogen-bond acceptors (Lipinski definition) is 5. The molecule has 1 N–H and O–H groups in total. The molecule has 1 saturated carbocycles.